The van der Waals surface area contributed by atoms with E-state index >= 15 is 0 Å². The number of fused-ring (bicyclic) bond motifs is 1. The highest BCUT2D eigenvalue weighted by Crippen LogP contribution is 2.36. The molecule has 1 aromatic carbocycles. The van der Waals surface area contributed by atoms with E-state index in [2.05, 4.69) is 15.7 Å². The molecule has 0 radical (unpaired) electrons. The molecule has 3 N–H and O–H groups in total. The van der Waals surface area contributed by atoms with E-state index in [0.717, 1.165) is 61.1 Å². The number of alkyl halides is 3. The minimum Gasteiger partial charge on any atom is -0.489 e. The molecular formula is C24H29F3N4O6. The number of carbonyl (C=O) groups excluding carboxylic acids is 2. The van der Waals surface area contributed by atoms with E-state index in [1.807, 2.05) is 25.1 Å². The number of aryl methyl sites for hydroxylation is 1. The maximum Gasteiger partial charge on any atom is 0.490 e. The number of halogens is 3. The number of carboxylic acid groups (broad SMARTS) is 1. The van der Waals surface area contributed by atoms with Crippen molar-refractivity contribution in [3.05, 3.63) is 23.9 Å². The Balaban J connectivity index is 0.000000405. The summed E-state index contributed by atoms with van der Waals surface area (Å²) in [6, 6.07) is 5.38. The lowest BCUT2D eigenvalue weighted by Crippen LogP contribution is -2.43. The molecule has 3 aliphatic rings. The number of benzene rings is 1. The summed E-state index contributed by atoms with van der Waals surface area (Å²) >= 11 is 0. The van der Waals surface area contributed by atoms with Crippen molar-refractivity contribution in [3.63, 3.8) is 0 Å². The zero-order chi connectivity index (χ0) is 26.7. The van der Waals surface area contributed by atoms with Crippen molar-refractivity contribution in [3.8, 4) is 5.75 Å². The summed E-state index contributed by atoms with van der Waals surface area (Å²) in [5, 5.41) is 18.5. The molecule has 0 bridgehead atoms. The van der Waals surface area contributed by atoms with Gasteiger partial charge in [-0.2, -0.15) is 18.3 Å². The van der Waals surface area contributed by atoms with Crippen molar-refractivity contribution in [1.29, 1.82) is 0 Å². The quantitative estimate of drug-likeness (QED) is 0.507. The third kappa shape index (κ3) is 6.39. The molecule has 2 aliphatic heterocycles. The Kier molecular flexibility index (Phi) is 8.02. The summed E-state index contributed by atoms with van der Waals surface area (Å²) in [5.41, 5.74) is 1.69. The first-order valence-corrected chi connectivity index (χ1v) is 12.2. The van der Waals surface area contributed by atoms with Gasteiger partial charge in [0.1, 0.15) is 17.9 Å². The second-order valence-electron chi connectivity index (χ2n) is 9.37. The third-order valence-electron chi connectivity index (χ3n) is 6.63. The van der Waals surface area contributed by atoms with Crippen LogP contribution < -0.4 is 15.4 Å². The summed E-state index contributed by atoms with van der Waals surface area (Å²) in [5.74, 6) is -2.47. The van der Waals surface area contributed by atoms with Crippen LogP contribution in [0.2, 0.25) is 0 Å². The Morgan fingerprint density at radius 2 is 1.78 bits per heavy atom. The number of ether oxygens (including phenoxy) is 2. The van der Waals surface area contributed by atoms with E-state index in [9.17, 15) is 22.8 Å². The molecule has 1 unspecified atom stereocenters. The molecule has 5 rings (SSSR count). The first kappa shape index (κ1) is 26.9. The van der Waals surface area contributed by atoms with Crippen molar-refractivity contribution in [2.45, 2.75) is 76.0 Å². The molecule has 3 heterocycles. The lowest BCUT2D eigenvalue weighted by Gasteiger charge is -2.38. The predicted molar refractivity (Wildman–Crippen MR) is 124 cm³/mol. The van der Waals surface area contributed by atoms with Crippen LogP contribution in [0, 0.1) is 6.92 Å². The van der Waals surface area contributed by atoms with Crippen LogP contribution in [0.4, 0.5) is 13.2 Å². The van der Waals surface area contributed by atoms with Crippen LogP contribution >= 0.6 is 0 Å². The van der Waals surface area contributed by atoms with Crippen molar-refractivity contribution < 1.29 is 42.1 Å². The zero-order valence-corrected chi connectivity index (χ0v) is 20.2. The Labute approximate surface area is 210 Å². The van der Waals surface area contributed by atoms with Gasteiger partial charge in [0.15, 0.2) is 0 Å². The number of aliphatic carboxylic acids is 1. The van der Waals surface area contributed by atoms with Crippen LogP contribution in [-0.2, 0) is 19.1 Å². The number of nitrogens with one attached hydrogen (secondary N) is 2. The van der Waals surface area contributed by atoms with Gasteiger partial charge in [-0.15, -0.1) is 0 Å². The predicted octanol–water partition coefficient (Wildman–Crippen LogP) is 2.63. The van der Waals surface area contributed by atoms with Crippen molar-refractivity contribution >= 4 is 28.7 Å². The fraction of sp³-hybridized carbons (Fsp3) is 0.583. The molecule has 1 aromatic heterocycles. The first-order valence-electron chi connectivity index (χ1n) is 12.2. The van der Waals surface area contributed by atoms with E-state index in [0.29, 0.717) is 18.9 Å². The Morgan fingerprint density at radius 1 is 1.11 bits per heavy atom. The van der Waals surface area contributed by atoms with Crippen LogP contribution in [0.5, 0.6) is 5.75 Å². The van der Waals surface area contributed by atoms with Crippen LogP contribution in [0.1, 0.15) is 50.3 Å². The van der Waals surface area contributed by atoms with Crippen LogP contribution in [0.3, 0.4) is 0 Å². The molecular weight excluding hydrogens is 497 g/mol. The summed E-state index contributed by atoms with van der Waals surface area (Å²) in [6.07, 6.45) is 0.471. The number of aromatic nitrogens is 2. The largest absolute Gasteiger partial charge is 0.490 e. The average molecular weight is 527 g/mol. The fourth-order valence-corrected chi connectivity index (χ4v) is 4.70. The second kappa shape index (κ2) is 11.1. The SMILES string of the molecule is Cc1nn(C2CCC(=O)NC2=O)c2cccc(OC3CC(OC4CCNCC4)C3)c12.O=C(O)C(F)(F)F. The van der Waals surface area contributed by atoms with Gasteiger partial charge in [0, 0.05) is 19.3 Å². The molecule has 37 heavy (non-hydrogen) atoms. The van der Waals surface area contributed by atoms with Gasteiger partial charge in [0.2, 0.25) is 5.91 Å². The molecule has 2 aromatic rings. The Hall–Kier alpha value is -3.19. The molecule has 202 valence electrons. The number of imide groups is 1. The molecule has 2 amide bonds. The molecule has 13 heteroatoms. The highest BCUT2D eigenvalue weighted by Gasteiger charge is 2.38. The van der Waals surface area contributed by atoms with Gasteiger partial charge in [-0.05, 0) is 51.4 Å². The maximum absolute atomic E-state index is 12.3. The van der Waals surface area contributed by atoms with Crippen LogP contribution in [0.25, 0.3) is 10.9 Å². The van der Waals surface area contributed by atoms with Gasteiger partial charge < -0.3 is 19.9 Å². The van der Waals surface area contributed by atoms with Crippen molar-refractivity contribution in [2.75, 3.05) is 13.1 Å². The maximum atomic E-state index is 12.3. The van der Waals surface area contributed by atoms with Gasteiger partial charge in [-0.25, -0.2) is 4.79 Å². The number of piperidine rings is 2. The second-order valence-corrected chi connectivity index (χ2v) is 9.37. The average Bonchev–Trinajstić information content (AvgIpc) is 3.15. The zero-order valence-electron chi connectivity index (χ0n) is 20.2. The molecule has 1 atom stereocenters. The van der Waals surface area contributed by atoms with E-state index < -0.39 is 18.2 Å². The number of hydrogen-bond donors (Lipinski definition) is 3. The summed E-state index contributed by atoms with van der Waals surface area (Å²) in [7, 11) is 0. The normalized spacial score (nSPS) is 24.6. The monoisotopic (exact) mass is 526 g/mol. The number of hydrogen-bond acceptors (Lipinski definition) is 7. The standard InChI is InChI=1S/C22H28N4O4.C2HF3O2/c1-13-21-17(26(25-13)18-5-6-20(27)24-22(18)28)3-2-4-19(21)30-16-11-15(12-16)29-14-7-9-23-10-8-14;3-2(4,5)1(6)7/h2-4,14-16,18,23H,5-12H2,1H3,(H,24,27,28);(H,6,7). The van der Waals surface area contributed by atoms with E-state index in [1.165, 1.54) is 0 Å². The molecule has 3 fully saturated rings. The molecule has 0 spiro atoms. The van der Waals surface area contributed by atoms with Crippen LogP contribution in [0.15, 0.2) is 18.2 Å². The topological polar surface area (TPSA) is 132 Å². The third-order valence-corrected chi connectivity index (χ3v) is 6.63. The highest BCUT2D eigenvalue weighted by molar-refractivity contribution is 6.00. The van der Waals surface area contributed by atoms with E-state index in [1.54, 1.807) is 4.68 Å². The minimum absolute atomic E-state index is 0.140. The number of carbonyl (C=O) groups is 3. The van der Waals surface area contributed by atoms with Gasteiger partial charge >= 0.3 is 12.1 Å². The summed E-state index contributed by atoms with van der Waals surface area (Å²) in [6.45, 7) is 4.01. The highest BCUT2D eigenvalue weighted by atomic mass is 19.4. The van der Waals surface area contributed by atoms with Gasteiger partial charge in [0.25, 0.3) is 5.91 Å². The smallest absolute Gasteiger partial charge is 0.489 e. The molecule has 1 saturated carbocycles. The molecule has 2 saturated heterocycles. The lowest BCUT2D eigenvalue weighted by atomic mass is 9.91. The summed E-state index contributed by atoms with van der Waals surface area (Å²) < 4.78 is 46.0. The molecule has 1 aliphatic carbocycles. The summed E-state index contributed by atoms with van der Waals surface area (Å²) in [4.78, 5) is 32.7. The number of nitrogens with zero attached hydrogens (tertiary/aromatic N) is 2. The fourth-order valence-electron chi connectivity index (χ4n) is 4.70. The number of amides is 2. The lowest BCUT2D eigenvalue weighted by molar-refractivity contribution is -0.192. The molecule has 10 nitrogen and oxygen atoms in total. The van der Waals surface area contributed by atoms with Crippen LogP contribution in [-0.4, -0.2) is 70.2 Å². The van der Waals surface area contributed by atoms with Crippen molar-refractivity contribution in [1.82, 2.24) is 20.4 Å². The van der Waals surface area contributed by atoms with Gasteiger partial charge in [-0.3, -0.25) is 19.6 Å². The van der Waals surface area contributed by atoms with Gasteiger partial charge in [0.05, 0.1) is 28.8 Å². The Morgan fingerprint density at radius 3 is 2.41 bits per heavy atom. The number of rotatable bonds is 5. The van der Waals surface area contributed by atoms with E-state index in [4.69, 9.17) is 19.4 Å². The van der Waals surface area contributed by atoms with E-state index in [-0.39, 0.29) is 24.0 Å². The van der Waals surface area contributed by atoms with Gasteiger partial charge in [-0.1, -0.05) is 6.07 Å². The first-order chi connectivity index (χ1) is 17.5. The van der Waals surface area contributed by atoms with Crippen molar-refractivity contribution in [2.24, 2.45) is 0 Å². The number of carboxylic acids is 1. The minimum atomic E-state index is -5.08. The Bertz CT molecular complexity index is 1160.